The Morgan fingerprint density at radius 3 is 2.86 bits per heavy atom. The molecule has 4 heteroatoms. The summed E-state index contributed by atoms with van der Waals surface area (Å²) in [6.45, 7) is 2.17. The lowest BCUT2D eigenvalue weighted by molar-refractivity contribution is -0.136. The number of aryl methyl sites for hydroxylation is 1. The Labute approximate surface area is 82.2 Å². The molecule has 0 aliphatic carbocycles. The molecule has 0 spiro atoms. The van der Waals surface area contributed by atoms with Crippen LogP contribution in [0.1, 0.15) is 11.1 Å². The van der Waals surface area contributed by atoms with E-state index in [1.165, 1.54) is 0 Å². The predicted molar refractivity (Wildman–Crippen MR) is 52.2 cm³/mol. The van der Waals surface area contributed by atoms with Gasteiger partial charge in [0, 0.05) is 12.1 Å². The van der Waals surface area contributed by atoms with Crippen molar-refractivity contribution >= 4 is 5.97 Å². The topological polar surface area (TPSA) is 69.6 Å². The van der Waals surface area contributed by atoms with E-state index in [0.717, 1.165) is 5.56 Å². The fourth-order valence-electron chi connectivity index (χ4n) is 1.16. The van der Waals surface area contributed by atoms with Gasteiger partial charge in [-0.3, -0.25) is 4.79 Å². The number of carboxylic acids is 1. The summed E-state index contributed by atoms with van der Waals surface area (Å²) in [6.07, 6.45) is 0. The Balaban J connectivity index is 2.57. The van der Waals surface area contributed by atoms with Crippen LogP contribution in [-0.4, -0.2) is 22.7 Å². The molecule has 0 atom stereocenters. The number of hydrogen-bond acceptors (Lipinski definition) is 3. The molecule has 0 amide bonds. The molecule has 0 saturated heterocycles. The molecule has 4 nitrogen and oxygen atoms in total. The van der Waals surface area contributed by atoms with E-state index in [9.17, 15) is 9.90 Å². The molecule has 1 aromatic carbocycles. The number of aliphatic carboxylic acids is 1. The van der Waals surface area contributed by atoms with Crippen LogP contribution in [0.2, 0.25) is 0 Å². The minimum Gasteiger partial charge on any atom is -0.508 e. The highest BCUT2D eigenvalue weighted by Gasteiger charge is 2.01. The first-order valence-electron chi connectivity index (χ1n) is 4.30. The highest BCUT2D eigenvalue weighted by Crippen LogP contribution is 2.17. The number of carboxylic acid groups (broad SMARTS) is 1. The quantitative estimate of drug-likeness (QED) is 0.667. The van der Waals surface area contributed by atoms with Gasteiger partial charge in [0.25, 0.3) is 0 Å². The smallest absolute Gasteiger partial charge is 0.317 e. The normalized spacial score (nSPS) is 10.1. The lowest BCUT2D eigenvalue weighted by Gasteiger charge is -2.05. The number of aromatic hydroxyl groups is 1. The number of phenolic OH excluding ortho intramolecular Hbond substituents is 1. The van der Waals surface area contributed by atoms with E-state index >= 15 is 0 Å². The molecule has 0 aromatic heterocycles. The van der Waals surface area contributed by atoms with E-state index < -0.39 is 5.97 Å². The molecule has 76 valence electrons. The number of hydrogen-bond donors (Lipinski definition) is 3. The Bertz CT molecular complexity index is 336. The van der Waals surface area contributed by atoms with Crippen LogP contribution in [-0.2, 0) is 11.3 Å². The number of nitrogens with one attached hydrogen (secondary N) is 1. The van der Waals surface area contributed by atoms with Crippen LogP contribution in [0.4, 0.5) is 0 Å². The molecule has 1 rings (SSSR count). The van der Waals surface area contributed by atoms with Gasteiger partial charge in [-0.25, -0.2) is 0 Å². The summed E-state index contributed by atoms with van der Waals surface area (Å²) in [5.41, 5.74) is 1.75. The number of rotatable bonds is 4. The second-order valence-electron chi connectivity index (χ2n) is 3.13. The third-order valence-corrected chi connectivity index (χ3v) is 1.83. The van der Waals surface area contributed by atoms with E-state index in [-0.39, 0.29) is 12.3 Å². The maximum atomic E-state index is 10.2. The maximum absolute atomic E-state index is 10.2. The van der Waals surface area contributed by atoms with Gasteiger partial charge in [-0.1, -0.05) is 17.7 Å². The summed E-state index contributed by atoms with van der Waals surface area (Å²) in [4.78, 5) is 10.2. The van der Waals surface area contributed by atoms with Gasteiger partial charge >= 0.3 is 5.97 Å². The van der Waals surface area contributed by atoms with Crippen LogP contribution in [0.3, 0.4) is 0 Å². The van der Waals surface area contributed by atoms with Crippen molar-refractivity contribution in [3.05, 3.63) is 29.3 Å². The van der Waals surface area contributed by atoms with Crippen molar-refractivity contribution in [1.82, 2.24) is 5.32 Å². The van der Waals surface area contributed by atoms with Gasteiger partial charge < -0.3 is 15.5 Å². The Kier molecular flexibility index (Phi) is 3.48. The van der Waals surface area contributed by atoms with E-state index in [0.29, 0.717) is 12.1 Å². The van der Waals surface area contributed by atoms with Gasteiger partial charge in [0.1, 0.15) is 5.75 Å². The van der Waals surface area contributed by atoms with Crippen molar-refractivity contribution in [2.75, 3.05) is 6.54 Å². The average molecular weight is 195 g/mol. The predicted octanol–water partition coefficient (Wildman–Crippen LogP) is 0.875. The number of benzene rings is 1. The first kappa shape index (κ1) is 10.5. The third kappa shape index (κ3) is 3.06. The molecule has 3 N–H and O–H groups in total. The van der Waals surface area contributed by atoms with Crippen molar-refractivity contribution in [1.29, 1.82) is 0 Å². The third-order valence-electron chi connectivity index (χ3n) is 1.83. The van der Waals surface area contributed by atoms with Crippen molar-refractivity contribution in [2.45, 2.75) is 13.5 Å². The molecule has 0 radical (unpaired) electrons. The molecule has 0 heterocycles. The summed E-state index contributed by atoms with van der Waals surface area (Å²) in [5, 5.41) is 20.5. The van der Waals surface area contributed by atoms with Crippen molar-refractivity contribution in [3.8, 4) is 5.75 Å². The van der Waals surface area contributed by atoms with Gasteiger partial charge in [0.15, 0.2) is 0 Å². The zero-order valence-corrected chi connectivity index (χ0v) is 7.95. The van der Waals surface area contributed by atoms with Crippen molar-refractivity contribution in [3.63, 3.8) is 0 Å². The lowest BCUT2D eigenvalue weighted by atomic mass is 10.1. The molecule has 0 aliphatic rings. The van der Waals surface area contributed by atoms with Crippen LogP contribution < -0.4 is 5.32 Å². The largest absolute Gasteiger partial charge is 0.508 e. The summed E-state index contributed by atoms with van der Waals surface area (Å²) >= 11 is 0. The molecule has 0 saturated carbocycles. The Hall–Kier alpha value is -1.55. The van der Waals surface area contributed by atoms with Gasteiger partial charge in [0.2, 0.25) is 0 Å². The minimum atomic E-state index is -0.905. The van der Waals surface area contributed by atoms with Gasteiger partial charge in [-0.15, -0.1) is 0 Å². The molecular weight excluding hydrogens is 182 g/mol. The lowest BCUT2D eigenvalue weighted by Crippen LogP contribution is -2.21. The van der Waals surface area contributed by atoms with Gasteiger partial charge in [-0.05, 0) is 13.0 Å². The van der Waals surface area contributed by atoms with Crippen LogP contribution in [0, 0.1) is 6.92 Å². The minimum absolute atomic E-state index is 0.104. The Morgan fingerprint density at radius 1 is 1.50 bits per heavy atom. The molecule has 0 fully saturated rings. The Morgan fingerprint density at radius 2 is 2.21 bits per heavy atom. The van der Waals surface area contributed by atoms with Crippen LogP contribution in [0.25, 0.3) is 0 Å². The summed E-state index contributed by atoms with van der Waals surface area (Å²) in [6, 6.07) is 5.23. The molecule has 0 aliphatic heterocycles. The van der Waals surface area contributed by atoms with Crippen molar-refractivity contribution in [2.24, 2.45) is 0 Å². The van der Waals surface area contributed by atoms with Crippen LogP contribution in [0.5, 0.6) is 5.75 Å². The molecule has 0 unspecified atom stereocenters. The summed E-state index contributed by atoms with van der Waals surface area (Å²) in [7, 11) is 0. The number of carbonyl (C=O) groups is 1. The number of phenols is 1. The summed E-state index contributed by atoms with van der Waals surface area (Å²) < 4.78 is 0. The van der Waals surface area contributed by atoms with E-state index in [4.69, 9.17) is 5.11 Å². The first-order valence-corrected chi connectivity index (χ1v) is 4.30. The SMILES string of the molecule is Cc1ccc(O)c(CNCC(=O)O)c1. The zero-order valence-electron chi connectivity index (χ0n) is 7.95. The highest BCUT2D eigenvalue weighted by atomic mass is 16.4. The van der Waals surface area contributed by atoms with Crippen LogP contribution >= 0.6 is 0 Å². The van der Waals surface area contributed by atoms with E-state index in [1.807, 2.05) is 13.0 Å². The molecule has 1 aromatic rings. The fraction of sp³-hybridized carbons (Fsp3) is 0.300. The summed E-state index contributed by atoms with van der Waals surface area (Å²) in [5.74, 6) is -0.717. The maximum Gasteiger partial charge on any atom is 0.317 e. The van der Waals surface area contributed by atoms with Crippen LogP contribution in [0.15, 0.2) is 18.2 Å². The second kappa shape index (κ2) is 4.62. The van der Waals surface area contributed by atoms with E-state index in [2.05, 4.69) is 5.32 Å². The first-order chi connectivity index (χ1) is 6.59. The molecule has 0 bridgehead atoms. The van der Waals surface area contributed by atoms with Gasteiger partial charge in [-0.2, -0.15) is 0 Å². The monoisotopic (exact) mass is 195 g/mol. The molecular formula is C10H13NO3. The second-order valence-corrected chi connectivity index (χ2v) is 3.13. The zero-order chi connectivity index (χ0) is 10.6. The van der Waals surface area contributed by atoms with Crippen molar-refractivity contribution < 1.29 is 15.0 Å². The molecule has 14 heavy (non-hydrogen) atoms. The standard InChI is InChI=1S/C10H13NO3/c1-7-2-3-9(12)8(4-7)5-11-6-10(13)14/h2-4,11-12H,5-6H2,1H3,(H,13,14). The van der Waals surface area contributed by atoms with Gasteiger partial charge in [0.05, 0.1) is 6.54 Å². The van der Waals surface area contributed by atoms with E-state index in [1.54, 1.807) is 12.1 Å². The highest BCUT2D eigenvalue weighted by molar-refractivity contribution is 5.69. The average Bonchev–Trinajstić information content (AvgIpc) is 2.10. The fourth-order valence-corrected chi connectivity index (χ4v) is 1.16.